The number of rotatable bonds is 5. The molecule has 1 saturated carbocycles. The summed E-state index contributed by atoms with van der Waals surface area (Å²) < 4.78 is 52.3. The third kappa shape index (κ3) is 4.92. The Morgan fingerprint density at radius 3 is 2.03 bits per heavy atom. The van der Waals surface area contributed by atoms with Crippen LogP contribution in [0, 0.1) is 5.82 Å². The van der Waals surface area contributed by atoms with Gasteiger partial charge in [0.15, 0.2) is 5.60 Å². The zero-order valence-electron chi connectivity index (χ0n) is 17.6. The van der Waals surface area contributed by atoms with Gasteiger partial charge in [-0.1, -0.05) is 24.3 Å². The fourth-order valence-electron chi connectivity index (χ4n) is 4.29. The van der Waals surface area contributed by atoms with Crippen LogP contribution < -0.4 is 0 Å². The van der Waals surface area contributed by atoms with Crippen molar-refractivity contribution < 1.29 is 27.5 Å². The maximum absolute atomic E-state index is 13.2. The number of amides is 1. The number of hydrogen-bond acceptors (Lipinski definition) is 2. The van der Waals surface area contributed by atoms with Gasteiger partial charge in [-0.15, -0.1) is 0 Å². The Bertz CT molecular complexity index is 883. The lowest BCUT2D eigenvalue weighted by molar-refractivity contribution is -0.258. The summed E-state index contributed by atoms with van der Waals surface area (Å²) >= 11 is 0. The lowest BCUT2D eigenvalue weighted by Gasteiger charge is -2.36. The van der Waals surface area contributed by atoms with Gasteiger partial charge in [0.05, 0.1) is 0 Å². The first-order valence-electron chi connectivity index (χ1n) is 10.5. The number of hydrogen-bond donors (Lipinski definition) is 1. The first-order chi connectivity index (χ1) is 14.5. The van der Waals surface area contributed by atoms with Gasteiger partial charge in [0.1, 0.15) is 5.82 Å². The summed E-state index contributed by atoms with van der Waals surface area (Å²) in [6, 6.07) is 11.6. The van der Waals surface area contributed by atoms with E-state index in [4.69, 9.17) is 0 Å². The van der Waals surface area contributed by atoms with E-state index < -0.39 is 11.8 Å². The van der Waals surface area contributed by atoms with Crippen LogP contribution in [0.3, 0.4) is 0 Å². The minimum atomic E-state index is -4.81. The number of alkyl halides is 3. The summed E-state index contributed by atoms with van der Waals surface area (Å²) in [6.07, 6.45) is -1.43. The van der Waals surface area contributed by atoms with E-state index in [0.717, 1.165) is 43.4 Å². The van der Waals surface area contributed by atoms with Crippen LogP contribution in [0.2, 0.25) is 0 Å². The first kappa shape index (κ1) is 23.3. The Labute approximate surface area is 179 Å². The average molecular weight is 437 g/mol. The number of carbonyl (C=O) groups excluding carboxylic acids is 1. The van der Waals surface area contributed by atoms with Crippen molar-refractivity contribution in [2.24, 2.45) is 0 Å². The van der Waals surface area contributed by atoms with Gasteiger partial charge >= 0.3 is 6.18 Å². The van der Waals surface area contributed by atoms with Crippen LogP contribution in [0.15, 0.2) is 48.5 Å². The van der Waals surface area contributed by atoms with E-state index >= 15 is 0 Å². The van der Waals surface area contributed by atoms with E-state index in [0.29, 0.717) is 24.9 Å². The van der Waals surface area contributed by atoms with Gasteiger partial charge < -0.3 is 10.0 Å². The molecular formula is C24H27F4NO2. The van der Waals surface area contributed by atoms with Crippen molar-refractivity contribution >= 4 is 5.91 Å². The summed E-state index contributed by atoms with van der Waals surface area (Å²) in [4.78, 5) is 14.8. The summed E-state index contributed by atoms with van der Waals surface area (Å²) in [6.45, 7) is 3.07. The molecule has 1 aliphatic rings. The number of nitrogens with zero attached hydrogens (tertiary/aromatic N) is 1. The van der Waals surface area contributed by atoms with Crippen molar-refractivity contribution in [3.63, 3.8) is 0 Å². The molecule has 2 aromatic carbocycles. The number of carbonyl (C=O) groups is 1. The molecule has 1 aliphatic carbocycles. The molecule has 1 N–H and O–H groups in total. The number of halogens is 4. The Morgan fingerprint density at radius 1 is 1.00 bits per heavy atom. The Kier molecular flexibility index (Phi) is 6.74. The highest BCUT2D eigenvalue weighted by Gasteiger charge is 2.51. The molecule has 0 bridgehead atoms. The molecule has 168 valence electrons. The van der Waals surface area contributed by atoms with Crippen LogP contribution in [-0.4, -0.2) is 34.7 Å². The van der Waals surface area contributed by atoms with E-state index in [2.05, 4.69) is 0 Å². The monoisotopic (exact) mass is 437 g/mol. The zero-order chi connectivity index (χ0) is 22.8. The molecular weight excluding hydrogens is 410 g/mol. The van der Waals surface area contributed by atoms with Gasteiger partial charge in [-0.05, 0) is 80.8 Å². The predicted molar refractivity (Wildman–Crippen MR) is 110 cm³/mol. The van der Waals surface area contributed by atoms with Crippen molar-refractivity contribution in [2.75, 3.05) is 6.54 Å². The van der Waals surface area contributed by atoms with Crippen molar-refractivity contribution in [2.45, 2.75) is 63.3 Å². The molecule has 0 unspecified atom stereocenters. The Morgan fingerprint density at radius 2 is 1.55 bits per heavy atom. The van der Waals surface area contributed by atoms with Gasteiger partial charge in [0, 0.05) is 18.2 Å². The van der Waals surface area contributed by atoms with Crippen molar-refractivity contribution in [3.8, 4) is 0 Å². The second kappa shape index (κ2) is 8.99. The van der Waals surface area contributed by atoms with Crippen LogP contribution in [0.25, 0.3) is 0 Å². The summed E-state index contributed by atoms with van der Waals surface area (Å²) in [5.74, 6) is -0.163. The van der Waals surface area contributed by atoms with Gasteiger partial charge in [0.2, 0.25) is 0 Å². The third-order valence-electron chi connectivity index (χ3n) is 6.33. The molecule has 0 radical (unpaired) electrons. The molecule has 0 saturated heterocycles. The molecule has 0 heterocycles. The average Bonchev–Trinajstić information content (AvgIpc) is 2.74. The molecule has 1 atom stereocenters. The molecule has 1 amide bonds. The number of aliphatic hydroxyl groups is 1. The van der Waals surface area contributed by atoms with E-state index in [-0.39, 0.29) is 23.3 Å². The second-order valence-corrected chi connectivity index (χ2v) is 8.30. The third-order valence-corrected chi connectivity index (χ3v) is 6.33. The first-order valence-corrected chi connectivity index (χ1v) is 10.5. The van der Waals surface area contributed by atoms with Crippen molar-refractivity contribution in [1.29, 1.82) is 0 Å². The Hall–Kier alpha value is -2.41. The van der Waals surface area contributed by atoms with Gasteiger partial charge in [0.25, 0.3) is 5.91 Å². The van der Waals surface area contributed by atoms with Crippen LogP contribution >= 0.6 is 0 Å². The quantitative estimate of drug-likeness (QED) is 0.602. The minimum absolute atomic E-state index is 0.0483. The highest BCUT2D eigenvalue weighted by Crippen LogP contribution is 2.39. The summed E-state index contributed by atoms with van der Waals surface area (Å²) in [5.41, 5.74) is -1.89. The SMILES string of the molecule is CCN(C(=O)c1ccc([C@](C)(O)C(F)(F)F)cc1)[C@H]1CC[C@@H](c2ccc(F)cc2)CC1. The van der Waals surface area contributed by atoms with Crippen LogP contribution in [0.4, 0.5) is 17.6 Å². The molecule has 2 aromatic rings. The standard InChI is InChI=1S/C24H27F4NO2/c1-3-29(21-14-8-17(9-15-21)16-6-12-20(25)13-7-16)22(30)18-4-10-19(11-5-18)23(2,31)24(26,27)28/h4-7,10-13,17,21,31H,3,8-9,14-15H2,1-2H3/t17-,21+,23-/m0/s1. The summed E-state index contributed by atoms with van der Waals surface area (Å²) in [5, 5.41) is 9.80. The van der Waals surface area contributed by atoms with Gasteiger partial charge in [-0.2, -0.15) is 13.2 Å². The predicted octanol–water partition coefficient (Wildman–Crippen LogP) is 5.78. The van der Waals surface area contributed by atoms with Crippen LogP contribution in [-0.2, 0) is 5.60 Å². The van der Waals surface area contributed by atoms with Crippen LogP contribution in [0.1, 0.15) is 66.9 Å². The van der Waals surface area contributed by atoms with Gasteiger partial charge in [-0.25, -0.2) is 4.39 Å². The van der Waals surface area contributed by atoms with E-state index in [1.807, 2.05) is 6.92 Å². The molecule has 1 fully saturated rings. The molecule has 3 rings (SSSR count). The Balaban J connectivity index is 1.67. The highest BCUT2D eigenvalue weighted by atomic mass is 19.4. The lowest BCUT2D eigenvalue weighted by atomic mass is 9.81. The number of benzene rings is 2. The van der Waals surface area contributed by atoms with Crippen LogP contribution in [0.5, 0.6) is 0 Å². The molecule has 0 aromatic heterocycles. The van der Waals surface area contributed by atoms with E-state index in [1.54, 1.807) is 17.0 Å². The maximum atomic E-state index is 13.2. The van der Waals surface area contributed by atoms with Crippen molar-refractivity contribution in [1.82, 2.24) is 4.90 Å². The normalized spacial score (nSPS) is 21.4. The molecule has 0 aliphatic heterocycles. The largest absolute Gasteiger partial charge is 0.421 e. The molecule has 7 heteroatoms. The van der Waals surface area contributed by atoms with E-state index in [1.165, 1.54) is 24.3 Å². The molecule has 31 heavy (non-hydrogen) atoms. The maximum Gasteiger partial charge on any atom is 0.421 e. The summed E-state index contributed by atoms with van der Waals surface area (Å²) in [7, 11) is 0. The lowest BCUT2D eigenvalue weighted by Crippen LogP contribution is -2.42. The highest BCUT2D eigenvalue weighted by molar-refractivity contribution is 5.94. The minimum Gasteiger partial charge on any atom is -0.376 e. The molecule has 0 spiro atoms. The fourth-order valence-corrected chi connectivity index (χ4v) is 4.29. The van der Waals surface area contributed by atoms with Gasteiger partial charge in [-0.3, -0.25) is 4.79 Å². The molecule has 3 nitrogen and oxygen atoms in total. The zero-order valence-corrected chi connectivity index (χ0v) is 17.6. The topological polar surface area (TPSA) is 40.5 Å². The smallest absolute Gasteiger partial charge is 0.376 e. The second-order valence-electron chi connectivity index (χ2n) is 8.30. The van der Waals surface area contributed by atoms with E-state index in [9.17, 15) is 27.5 Å². The fraction of sp³-hybridized carbons (Fsp3) is 0.458. The van der Waals surface area contributed by atoms with Crippen molar-refractivity contribution in [3.05, 3.63) is 71.0 Å².